The molecule has 1 aliphatic carbocycles. The average Bonchev–Trinajstić information content (AvgIpc) is 3.70. The third-order valence-corrected chi connectivity index (χ3v) is 8.78. The molecule has 2 amide bonds. The number of amides is 2. The molecule has 1 heterocycles. The quantitative estimate of drug-likeness (QED) is 0.497. The Kier molecular flexibility index (Phi) is 8.29. The van der Waals surface area contributed by atoms with Gasteiger partial charge in [0.15, 0.2) is 0 Å². The summed E-state index contributed by atoms with van der Waals surface area (Å²) in [6, 6.07) is 10.7. The summed E-state index contributed by atoms with van der Waals surface area (Å²) in [6.07, 6.45) is 4.74. The Morgan fingerprint density at radius 3 is 2.44 bits per heavy atom. The number of anilines is 1. The van der Waals surface area contributed by atoms with E-state index >= 15 is 0 Å². The largest absolute Gasteiger partial charge is 0.351 e. The molecule has 1 N–H and O–H groups in total. The fourth-order valence-electron chi connectivity index (χ4n) is 4.50. The van der Waals surface area contributed by atoms with E-state index < -0.39 is 40.4 Å². The highest BCUT2D eigenvalue weighted by Gasteiger charge is 2.39. The van der Waals surface area contributed by atoms with Gasteiger partial charge < -0.3 is 5.32 Å². The highest BCUT2D eigenvalue weighted by molar-refractivity contribution is 7.87. The maximum Gasteiger partial charge on any atom is 0.282 e. The number of hydrogen-bond acceptors (Lipinski definition) is 4. The van der Waals surface area contributed by atoms with Crippen molar-refractivity contribution < 1.29 is 22.4 Å². The van der Waals surface area contributed by atoms with Crippen LogP contribution in [0, 0.1) is 5.82 Å². The Bertz CT molecular complexity index is 1220. The lowest BCUT2D eigenvalue weighted by atomic mass is 9.94. The molecule has 194 valence electrons. The molecule has 1 saturated heterocycles. The van der Waals surface area contributed by atoms with Crippen LogP contribution in [0.2, 0.25) is 5.02 Å². The minimum absolute atomic E-state index is 0.0496. The van der Waals surface area contributed by atoms with E-state index in [0.29, 0.717) is 18.7 Å². The van der Waals surface area contributed by atoms with Crippen molar-refractivity contribution in [3.63, 3.8) is 0 Å². The zero-order chi connectivity index (χ0) is 25.9. The maximum absolute atomic E-state index is 14.3. The van der Waals surface area contributed by atoms with E-state index in [1.165, 1.54) is 29.6 Å². The van der Waals surface area contributed by atoms with Crippen molar-refractivity contribution in [2.45, 2.75) is 44.2 Å². The normalized spacial score (nSPS) is 17.6. The second-order valence-corrected chi connectivity index (χ2v) is 11.6. The molecule has 11 heteroatoms. The van der Waals surface area contributed by atoms with E-state index in [9.17, 15) is 22.4 Å². The highest BCUT2D eigenvalue weighted by Crippen LogP contribution is 2.33. The van der Waals surface area contributed by atoms with Crippen LogP contribution in [0.3, 0.4) is 0 Å². The summed E-state index contributed by atoms with van der Waals surface area (Å²) in [6.45, 7) is 0.244. The molecular formula is C25H30ClFN4O4S. The molecule has 2 aliphatic rings. The number of nitrogens with zero attached hydrogens (tertiary/aromatic N) is 3. The average molecular weight is 537 g/mol. The molecule has 1 unspecified atom stereocenters. The topological polar surface area (TPSA) is 89.8 Å². The summed E-state index contributed by atoms with van der Waals surface area (Å²) in [5.74, 6) is -1.73. The smallest absolute Gasteiger partial charge is 0.282 e. The molecule has 0 spiro atoms. The van der Waals surface area contributed by atoms with Gasteiger partial charge in [-0.25, -0.2) is 4.39 Å². The molecule has 2 aromatic carbocycles. The minimum Gasteiger partial charge on any atom is -0.351 e. The van der Waals surface area contributed by atoms with Crippen molar-refractivity contribution in [2.24, 2.45) is 0 Å². The van der Waals surface area contributed by atoms with Crippen molar-refractivity contribution in [2.75, 3.05) is 31.6 Å². The van der Waals surface area contributed by atoms with Crippen LogP contribution in [-0.4, -0.2) is 61.6 Å². The van der Waals surface area contributed by atoms with E-state index in [1.54, 1.807) is 24.3 Å². The number of benzene rings is 2. The molecule has 1 atom stereocenters. The van der Waals surface area contributed by atoms with Crippen LogP contribution in [0.5, 0.6) is 0 Å². The predicted molar refractivity (Wildman–Crippen MR) is 136 cm³/mol. The standard InChI is InChI=1S/C25H30ClFN4O4S/c1-29(36(34,35)30-14-15-30)17-23(32)31(20-11-7-8-18(27)16-20)24(21-12-5-6-13-22(21)26)25(33)28-19-9-3-2-4-10-19/h5-8,11-13,16,19,24H,2-4,9-10,14-15,17H2,1H3,(H,28,33). The second kappa shape index (κ2) is 11.2. The fourth-order valence-corrected chi connectivity index (χ4v) is 5.95. The molecule has 2 fully saturated rings. The van der Waals surface area contributed by atoms with E-state index in [-0.39, 0.29) is 16.8 Å². The number of nitrogens with one attached hydrogen (secondary N) is 1. The van der Waals surface area contributed by atoms with Crippen LogP contribution < -0.4 is 10.2 Å². The van der Waals surface area contributed by atoms with Gasteiger partial charge in [0.05, 0.1) is 6.54 Å². The first-order valence-electron chi connectivity index (χ1n) is 12.0. The van der Waals surface area contributed by atoms with E-state index in [0.717, 1.165) is 47.4 Å². The lowest BCUT2D eigenvalue weighted by Crippen LogP contribution is -2.50. The van der Waals surface area contributed by atoms with Crippen molar-refractivity contribution >= 4 is 39.3 Å². The molecule has 1 saturated carbocycles. The van der Waals surface area contributed by atoms with Crippen LogP contribution in [0.4, 0.5) is 10.1 Å². The minimum atomic E-state index is -3.81. The van der Waals surface area contributed by atoms with Gasteiger partial charge in [-0.05, 0) is 37.1 Å². The van der Waals surface area contributed by atoms with Gasteiger partial charge in [0.2, 0.25) is 11.8 Å². The SMILES string of the molecule is CN(CC(=O)N(c1cccc(F)c1)C(C(=O)NC1CCCCC1)c1ccccc1Cl)S(=O)(=O)N1CC1. The summed E-state index contributed by atoms with van der Waals surface area (Å²) in [5.41, 5.74) is 0.489. The second-order valence-electron chi connectivity index (χ2n) is 9.17. The van der Waals surface area contributed by atoms with Crippen molar-refractivity contribution in [3.8, 4) is 0 Å². The number of halogens is 2. The Morgan fingerprint density at radius 2 is 1.81 bits per heavy atom. The lowest BCUT2D eigenvalue weighted by Gasteiger charge is -2.34. The van der Waals surface area contributed by atoms with Gasteiger partial charge >= 0.3 is 0 Å². The van der Waals surface area contributed by atoms with Gasteiger partial charge in [0.1, 0.15) is 11.9 Å². The van der Waals surface area contributed by atoms with Crippen molar-refractivity contribution in [3.05, 3.63) is 64.9 Å². The zero-order valence-electron chi connectivity index (χ0n) is 20.1. The van der Waals surface area contributed by atoms with Crippen molar-refractivity contribution in [1.29, 1.82) is 0 Å². The molecule has 8 nitrogen and oxygen atoms in total. The first-order valence-corrected chi connectivity index (χ1v) is 13.8. The van der Waals surface area contributed by atoms with E-state index in [1.807, 2.05) is 0 Å². The van der Waals surface area contributed by atoms with Crippen molar-refractivity contribution in [1.82, 2.24) is 13.9 Å². The van der Waals surface area contributed by atoms with Gasteiger partial charge in [-0.15, -0.1) is 0 Å². The van der Waals surface area contributed by atoms with E-state index in [4.69, 9.17) is 11.6 Å². The predicted octanol–water partition coefficient (Wildman–Crippen LogP) is 3.49. The van der Waals surface area contributed by atoms with Gasteiger partial charge in [-0.1, -0.05) is 55.1 Å². The molecule has 0 bridgehead atoms. The maximum atomic E-state index is 14.3. The summed E-state index contributed by atoms with van der Waals surface area (Å²) < 4.78 is 41.8. The van der Waals surface area contributed by atoms with Crippen LogP contribution >= 0.6 is 11.6 Å². The zero-order valence-corrected chi connectivity index (χ0v) is 21.6. The Morgan fingerprint density at radius 1 is 1.11 bits per heavy atom. The van der Waals surface area contributed by atoms with Crippen LogP contribution in [0.25, 0.3) is 0 Å². The van der Waals surface area contributed by atoms with Gasteiger partial charge in [-0.2, -0.15) is 17.0 Å². The van der Waals surface area contributed by atoms with Gasteiger partial charge in [0.25, 0.3) is 10.2 Å². The molecular weight excluding hydrogens is 507 g/mol. The van der Waals surface area contributed by atoms with Crippen LogP contribution in [0.1, 0.15) is 43.7 Å². The number of hydrogen-bond donors (Lipinski definition) is 1. The summed E-state index contributed by atoms with van der Waals surface area (Å²) in [5, 5.41) is 3.32. The number of rotatable bonds is 9. The molecule has 2 aromatic rings. The van der Waals surface area contributed by atoms with Crippen LogP contribution in [-0.2, 0) is 19.8 Å². The Hall–Kier alpha value is -2.53. The highest BCUT2D eigenvalue weighted by atomic mass is 35.5. The third kappa shape index (κ3) is 6.05. The molecule has 1 aliphatic heterocycles. The Labute approximate surface area is 216 Å². The lowest BCUT2D eigenvalue weighted by molar-refractivity contribution is -0.127. The molecule has 36 heavy (non-hydrogen) atoms. The third-order valence-electron chi connectivity index (χ3n) is 6.50. The monoisotopic (exact) mass is 536 g/mol. The fraction of sp³-hybridized carbons (Fsp3) is 0.440. The summed E-state index contributed by atoms with van der Waals surface area (Å²) in [4.78, 5) is 28.7. The van der Waals surface area contributed by atoms with Gasteiger partial charge in [-0.3, -0.25) is 14.5 Å². The number of likely N-dealkylation sites (N-methyl/N-ethyl adjacent to an activating group) is 1. The first-order chi connectivity index (χ1) is 17.2. The Balaban J connectivity index is 1.74. The van der Waals surface area contributed by atoms with Gasteiger partial charge in [0, 0.05) is 42.5 Å². The van der Waals surface area contributed by atoms with E-state index in [2.05, 4.69) is 5.32 Å². The first kappa shape index (κ1) is 26.5. The molecule has 4 rings (SSSR count). The summed E-state index contributed by atoms with van der Waals surface area (Å²) >= 11 is 6.50. The molecule has 0 radical (unpaired) electrons. The summed E-state index contributed by atoms with van der Waals surface area (Å²) in [7, 11) is -2.50. The molecule has 0 aromatic heterocycles. The number of carbonyl (C=O) groups is 2. The number of carbonyl (C=O) groups excluding carboxylic acids is 2. The van der Waals surface area contributed by atoms with Crippen LogP contribution in [0.15, 0.2) is 48.5 Å².